The van der Waals surface area contributed by atoms with E-state index in [2.05, 4.69) is 10.6 Å². The van der Waals surface area contributed by atoms with Gasteiger partial charge in [-0.25, -0.2) is 0 Å². The van der Waals surface area contributed by atoms with Gasteiger partial charge in [-0.1, -0.05) is 11.6 Å². The molecule has 106 valence electrons. The van der Waals surface area contributed by atoms with Gasteiger partial charge in [-0.05, 0) is 39.0 Å². The van der Waals surface area contributed by atoms with E-state index in [1.54, 1.807) is 25.3 Å². The first-order chi connectivity index (χ1) is 8.81. The van der Waals surface area contributed by atoms with E-state index in [9.17, 15) is 4.79 Å². The maximum atomic E-state index is 11.7. The van der Waals surface area contributed by atoms with Crippen LogP contribution >= 0.6 is 11.6 Å². The minimum absolute atomic E-state index is 0.0148. The van der Waals surface area contributed by atoms with Crippen LogP contribution in [0, 0.1) is 0 Å². The molecule has 0 saturated carbocycles. The molecule has 1 rings (SSSR count). The van der Waals surface area contributed by atoms with E-state index in [1.165, 1.54) is 0 Å². The summed E-state index contributed by atoms with van der Waals surface area (Å²) >= 11 is 5.93. The number of rotatable bonds is 5. The van der Waals surface area contributed by atoms with Gasteiger partial charge in [-0.3, -0.25) is 4.79 Å². The van der Waals surface area contributed by atoms with Crippen LogP contribution < -0.4 is 15.4 Å². The van der Waals surface area contributed by atoms with Gasteiger partial charge in [-0.2, -0.15) is 0 Å². The zero-order chi connectivity index (χ0) is 14.5. The van der Waals surface area contributed by atoms with Gasteiger partial charge in [0.15, 0.2) is 0 Å². The highest BCUT2D eigenvalue weighted by Gasteiger charge is 2.13. The monoisotopic (exact) mass is 284 g/mol. The summed E-state index contributed by atoms with van der Waals surface area (Å²) in [5, 5.41) is 6.69. The predicted octanol–water partition coefficient (Wildman–Crippen LogP) is 3.07. The fourth-order valence-corrected chi connectivity index (χ4v) is 1.78. The van der Waals surface area contributed by atoms with E-state index in [-0.39, 0.29) is 11.4 Å². The molecular formula is C14H21ClN2O2. The molecule has 0 aliphatic rings. The fraction of sp³-hybridized carbons (Fsp3) is 0.500. The average Bonchev–Trinajstić information content (AvgIpc) is 2.27. The Morgan fingerprint density at radius 2 is 2.05 bits per heavy atom. The summed E-state index contributed by atoms with van der Waals surface area (Å²) in [5.74, 6) is 0.724. The summed E-state index contributed by atoms with van der Waals surface area (Å²) in [5.41, 5.74) is 0.587. The minimum atomic E-state index is -0.204. The molecule has 0 fully saturated rings. The van der Waals surface area contributed by atoms with Crippen molar-refractivity contribution >= 4 is 23.2 Å². The predicted molar refractivity (Wildman–Crippen MR) is 79.0 cm³/mol. The van der Waals surface area contributed by atoms with Crippen molar-refractivity contribution in [3.05, 3.63) is 23.2 Å². The quantitative estimate of drug-likeness (QED) is 0.874. The fourth-order valence-electron chi connectivity index (χ4n) is 1.61. The topological polar surface area (TPSA) is 50.4 Å². The largest absolute Gasteiger partial charge is 0.495 e. The van der Waals surface area contributed by atoms with E-state index >= 15 is 0 Å². The third-order valence-electron chi connectivity index (χ3n) is 2.34. The lowest BCUT2D eigenvalue weighted by atomic mass is 10.1. The van der Waals surface area contributed by atoms with Crippen LogP contribution in [0.3, 0.4) is 0 Å². The molecule has 19 heavy (non-hydrogen) atoms. The van der Waals surface area contributed by atoms with Crippen molar-refractivity contribution < 1.29 is 9.53 Å². The zero-order valence-corrected chi connectivity index (χ0v) is 12.6. The molecule has 4 nitrogen and oxygen atoms in total. The lowest BCUT2D eigenvalue weighted by Gasteiger charge is -2.20. The van der Waals surface area contributed by atoms with E-state index in [4.69, 9.17) is 16.3 Å². The average molecular weight is 285 g/mol. The molecule has 0 aromatic heterocycles. The lowest BCUT2D eigenvalue weighted by molar-refractivity contribution is -0.122. The summed E-state index contributed by atoms with van der Waals surface area (Å²) in [6, 6.07) is 5.33. The van der Waals surface area contributed by atoms with Crippen molar-refractivity contribution in [2.45, 2.75) is 32.7 Å². The molecule has 1 aromatic carbocycles. The van der Waals surface area contributed by atoms with Crippen LogP contribution in [0.4, 0.5) is 5.69 Å². The number of halogens is 1. The van der Waals surface area contributed by atoms with Gasteiger partial charge < -0.3 is 15.4 Å². The molecule has 0 heterocycles. The summed E-state index contributed by atoms with van der Waals surface area (Å²) in [7, 11) is 1.60. The number of anilines is 1. The van der Waals surface area contributed by atoms with Gasteiger partial charge in [0.2, 0.25) is 5.91 Å². The summed E-state index contributed by atoms with van der Waals surface area (Å²) in [6.07, 6.45) is 0.396. The number of ether oxygens (including phenoxy) is 1. The Kier molecular flexibility index (Phi) is 5.48. The van der Waals surface area contributed by atoms with Crippen LogP contribution in [0.2, 0.25) is 5.02 Å². The molecular weight excluding hydrogens is 264 g/mol. The smallest absolute Gasteiger partial charge is 0.222 e. The Morgan fingerprint density at radius 1 is 1.37 bits per heavy atom. The molecule has 0 radical (unpaired) electrons. The maximum Gasteiger partial charge on any atom is 0.222 e. The Labute approximate surface area is 119 Å². The number of carbonyl (C=O) groups excluding carboxylic acids is 1. The first-order valence-corrected chi connectivity index (χ1v) is 6.58. The number of hydrogen-bond acceptors (Lipinski definition) is 3. The first kappa shape index (κ1) is 15.6. The highest BCUT2D eigenvalue weighted by atomic mass is 35.5. The zero-order valence-electron chi connectivity index (χ0n) is 11.8. The van der Waals surface area contributed by atoms with Crippen molar-refractivity contribution in [2.75, 3.05) is 19.0 Å². The van der Waals surface area contributed by atoms with Gasteiger partial charge in [0.25, 0.3) is 0 Å². The molecule has 0 aliphatic heterocycles. The Hall–Kier alpha value is -1.42. The van der Waals surface area contributed by atoms with E-state index in [0.717, 1.165) is 5.69 Å². The molecule has 0 spiro atoms. The number of benzene rings is 1. The third-order valence-corrected chi connectivity index (χ3v) is 2.58. The first-order valence-electron chi connectivity index (χ1n) is 6.20. The van der Waals surface area contributed by atoms with Crippen LogP contribution in [0.25, 0.3) is 0 Å². The van der Waals surface area contributed by atoms with Gasteiger partial charge in [0, 0.05) is 23.5 Å². The summed E-state index contributed by atoms with van der Waals surface area (Å²) in [4.78, 5) is 11.7. The van der Waals surface area contributed by atoms with Crippen LogP contribution in [-0.2, 0) is 4.79 Å². The minimum Gasteiger partial charge on any atom is -0.495 e. The highest BCUT2D eigenvalue weighted by Crippen LogP contribution is 2.27. The summed E-state index contributed by atoms with van der Waals surface area (Å²) in [6.45, 7) is 6.40. The Bertz CT molecular complexity index is 442. The van der Waals surface area contributed by atoms with Gasteiger partial charge in [0.1, 0.15) is 5.75 Å². The van der Waals surface area contributed by atoms with Crippen molar-refractivity contribution in [1.82, 2.24) is 5.32 Å². The molecule has 1 aromatic rings. The van der Waals surface area contributed by atoms with Crippen LogP contribution in [0.5, 0.6) is 5.75 Å². The second kappa shape index (κ2) is 6.66. The molecule has 5 heteroatoms. The number of carbonyl (C=O) groups is 1. The van der Waals surface area contributed by atoms with Crippen molar-refractivity contribution in [3.8, 4) is 5.75 Å². The number of nitrogens with one attached hydrogen (secondary N) is 2. The maximum absolute atomic E-state index is 11.7. The van der Waals surface area contributed by atoms with Crippen LogP contribution in [-0.4, -0.2) is 25.1 Å². The SMILES string of the molecule is COc1ccc(Cl)cc1NCCC(=O)NC(C)(C)C. The van der Waals surface area contributed by atoms with Crippen molar-refractivity contribution in [1.29, 1.82) is 0 Å². The lowest BCUT2D eigenvalue weighted by Crippen LogP contribution is -2.41. The molecule has 1 amide bonds. The number of methoxy groups -OCH3 is 1. The van der Waals surface area contributed by atoms with Gasteiger partial charge in [0.05, 0.1) is 12.8 Å². The van der Waals surface area contributed by atoms with E-state index in [0.29, 0.717) is 23.7 Å². The molecule has 0 atom stereocenters. The van der Waals surface area contributed by atoms with Crippen molar-refractivity contribution in [2.24, 2.45) is 0 Å². The van der Waals surface area contributed by atoms with Crippen molar-refractivity contribution in [3.63, 3.8) is 0 Å². The molecule has 0 aliphatic carbocycles. The highest BCUT2D eigenvalue weighted by molar-refractivity contribution is 6.30. The Balaban J connectivity index is 2.49. The Morgan fingerprint density at radius 3 is 2.63 bits per heavy atom. The second-order valence-corrected chi connectivity index (χ2v) is 5.76. The number of hydrogen-bond donors (Lipinski definition) is 2. The van der Waals surface area contributed by atoms with Gasteiger partial charge >= 0.3 is 0 Å². The standard InChI is InChI=1S/C14H21ClN2O2/c1-14(2,3)17-13(18)7-8-16-11-9-10(15)5-6-12(11)19-4/h5-6,9,16H,7-8H2,1-4H3,(H,17,18). The molecule has 0 unspecified atom stereocenters. The van der Waals surface area contributed by atoms with Gasteiger partial charge in [-0.15, -0.1) is 0 Å². The second-order valence-electron chi connectivity index (χ2n) is 5.32. The van der Waals surface area contributed by atoms with Crippen LogP contribution in [0.1, 0.15) is 27.2 Å². The van der Waals surface area contributed by atoms with E-state index in [1.807, 2.05) is 20.8 Å². The molecule has 2 N–H and O–H groups in total. The molecule has 0 bridgehead atoms. The molecule has 0 saturated heterocycles. The normalized spacial score (nSPS) is 11.0. The van der Waals surface area contributed by atoms with E-state index < -0.39 is 0 Å². The third kappa shape index (κ3) is 5.83. The van der Waals surface area contributed by atoms with Crippen LogP contribution in [0.15, 0.2) is 18.2 Å². The summed E-state index contributed by atoms with van der Waals surface area (Å²) < 4.78 is 5.22. The number of amides is 1.